The van der Waals surface area contributed by atoms with Gasteiger partial charge in [0, 0.05) is 12.6 Å². The summed E-state index contributed by atoms with van der Waals surface area (Å²) in [6, 6.07) is 3.34. The van der Waals surface area contributed by atoms with Crippen LogP contribution in [-0.4, -0.2) is 49.6 Å². The molecule has 2 aliphatic heterocycles. The monoisotopic (exact) mass is 305 g/mol. The van der Waals surface area contributed by atoms with Crippen LogP contribution in [0.1, 0.15) is 12.5 Å². The van der Waals surface area contributed by atoms with Gasteiger partial charge in [0.25, 0.3) is 0 Å². The molecule has 0 amide bonds. The van der Waals surface area contributed by atoms with E-state index in [-0.39, 0.29) is 24.3 Å². The van der Waals surface area contributed by atoms with Gasteiger partial charge in [0.1, 0.15) is 6.10 Å². The first-order valence-corrected chi connectivity index (χ1v) is 6.89. The summed E-state index contributed by atoms with van der Waals surface area (Å²) in [5, 5.41) is 8.12. The lowest BCUT2D eigenvalue weighted by Crippen LogP contribution is -2.37. The van der Waals surface area contributed by atoms with Crippen molar-refractivity contribution >= 4 is 18.0 Å². The highest BCUT2D eigenvalue weighted by Gasteiger charge is 2.45. The molecule has 2 aromatic rings. The number of carbonyl (C=O) groups excluding carboxylic acids is 1. The second kappa shape index (κ2) is 4.79. The summed E-state index contributed by atoms with van der Waals surface area (Å²) in [7, 11) is 0. The van der Waals surface area contributed by atoms with Crippen molar-refractivity contribution in [1.29, 1.82) is 0 Å². The fourth-order valence-electron chi connectivity index (χ4n) is 2.57. The smallest absolute Gasteiger partial charge is 0.221 e. The van der Waals surface area contributed by atoms with Gasteiger partial charge in [0.15, 0.2) is 5.78 Å². The maximum absolute atomic E-state index is 11.9. The molecular formula is C12H11N5O3S. The van der Waals surface area contributed by atoms with E-state index in [0.717, 1.165) is 5.69 Å². The van der Waals surface area contributed by atoms with Gasteiger partial charge in [0.2, 0.25) is 11.1 Å². The predicted molar refractivity (Wildman–Crippen MR) is 71.3 cm³/mol. The molecule has 0 unspecified atom stereocenters. The number of aromatic nitrogens is 5. The van der Waals surface area contributed by atoms with E-state index >= 15 is 0 Å². The Kier molecular flexibility index (Phi) is 2.91. The third-order valence-corrected chi connectivity index (χ3v) is 3.98. The Hall–Kier alpha value is -1.97. The molecule has 8 nitrogen and oxygen atoms in total. The van der Waals surface area contributed by atoms with Crippen LogP contribution in [0, 0.1) is 4.77 Å². The first-order valence-electron chi connectivity index (χ1n) is 6.49. The van der Waals surface area contributed by atoms with E-state index in [2.05, 4.69) is 15.4 Å². The van der Waals surface area contributed by atoms with Crippen LogP contribution in [0.5, 0.6) is 0 Å². The van der Waals surface area contributed by atoms with Crippen LogP contribution < -0.4 is 0 Å². The van der Waals surface area contributed by atoms with Crippen LogP contribution in [0.2, 0.25) is 0 Å². The Morgan fingerprint density at radius 1 is 1.38 bits per heavy atom. The van der Waals surface area contributed by atoms with Crippen molar-refractivity contribution in [2.24, 2.45) is 0 Å². The Labute approximate surface area is 124 Å². The molecule has 0 aromatic carbocycles. The van der Waals surface area contributed by atoms with Crippen molar-refractivity contribution in [2.75, 3.05) is 6.61 Å². The number of ketones is 1. The van der Waals surface area contributed by atoms with Gasteiger partial charge in [-0.15, -0.1) is 0 Å². The van der Waals surface area contributed by atoms with Crippen molar-refractivity contribution in [2.45, 2.75) is 24.9 Å². The summed E-state index contributed by atoms with van der Waals surface area (Å²) in [6.07, 6.45) is 2.65. The fourth-order valence-corrected chi connectivity index (χ4v) is 2.89. The van der Waals surface area contributed by atoms with Crippen molar-refractivity contribution < 1.29 is 14.3 Å². The zero-order chi connectivity index (χ0) is 14.4. The van der Waals surface area contributed by atoms with E-state index < -0.39 is 6.29 Å². The average molecular weight is 305 g/mol. The average Bonchev–Trinajstić information content (AvgIpc) is 3.10. The number of hydrogen-bond acceptors (Lipinski definition) is 7. The minimum Gasteiger partial charge on any atom is -0.343 e. The van der Waals surface area contributed by atoms with E-state index in [9.17, 15) is 4.79 Å². The second-order valence-corrected chi connectivity index (χ2v) is 5.27. The Morgan fingerprint density at radius 2 is 2.29 bits per heavy atom. The topological polar surface area (TPSA) is 84.1 Å². The largest absolute Gasteiger partial charge is 0.343 e. The number of tetrazole rings is 1. The van der Waals surface area contributed by atoms with E-state index in [4.69, 9.17) is 21.7 Å². The molecule has 0 saturated carbocycles. The van der Waals surface area contributed by atoms with E-state index in [0.29, 0.717) is 11.4 Å². The lowest BCUT2D eigenvalue weighted by atomic mass is 10.0. The summed E-state index contributed by atoms with van der Waals surface area (Å²) in [5.74, 6) is -0.0911. The first-order chi connectivity index (χ1) is 10.2. The Morgan fingerprint density at radius 3 is 3.10 bits per heavy atom. The highest BCUT2D eigenvalue weighted by Crippen LogP contribution is 2.32. The van der Waals surface area contributed by atoms with Gasteiger partial charge >= 0.3 is 0 Å². The van der Waals surface area contributed by atoms with E-state index in [1.807, 2.05) is 6.07 Å². The van der Waals surface area contributed by atoms with Crippen LogP contribution in [0.15, 0.2) is 24.5 Å². The Bertz CT molecular complexity index is 743. The zero-order valence-electron chi connectivity index (χ0n) is 10.8. The van der Waals surface area contributed by atoms with Crippen molar-refractivity contribution in [1.82, 2.24) is 24.8 Å². The van der Waals surface area contributed by atoms with Gasteiger partial charge in [-0.05, 0) is 34.8 Å². The maximum Gasteiger partial charge on any atom is 0.221 e. The molecule has 2 aliphatic rings. The molecule has 0 spiro atoms. The van der Waals surface area contributed by atoms with Crippen LogP contribution in [0.25, 0.3) is 5.69 Å². The van der Waals surface area contributed by atoms with Gasteiger partial charge in [-0.2, -0.15) is 4.68 Å². The van der Waals surface area contributed by atoms with Crippen LogP contribution >= 0.6 is 12.2 Å². The summed E-state index contributed by atoms with van der Waals surface area (Å²) in [4.78, 5) is 15.9. The molecule has 4 rings (SSSR count). The summed E-state index contributed by atoms with van der Waals surface area (Å²) in [5.41, 5.74) is 0.720. The molecular weight excluding hydrogens is 294 g/mol. The minimum absolute atomic E-state index is 0.0911. The zero-order valence-corrected chi connectivity index (χ0v) is 11.6. The third-order valence-electron chi connectivity index (χ3n) is 3.62. The van der Waals surface area contributed by atoms with Gasteiger partial charge in [-0.25, -0.2) is 4.68 Å². The lowest BCUT2D eigenvalue weighted by molar-refractivity contribution is -0.156. The normalized spacial score (nSPS) is 28.0. The van der Waals surface area contributed by atoms with Crippen molar-refractivity contribution in [3.8, 4) is 5.69 Å². The standard InChI is InChI=1S/C12H11N5O3S/c18-9-4-8(10-6-19-11(9)20-10)17-12(21)16(14-15-17)7-2-1-3-13-5-7/h1-3,5,8,10-11H,4,6H2/t8-,10-,11-/m1/s1. The first kappa shape index (κ1) is 12.7. The molecule has 2 saturated heterocycles. The highest BCUT2D eigenvalue weighted by molar-refractivity contribution is 7.71. The van der Waals surface area contributed by atoms with Gasteiger partial charge < -0.3 is 9.47 Å². The van der Waals surface area contributed by atoms with Gasteiger partial charge in [-0.3, -0.25) is 9.78 Å². The van der Waals surface area contributed by atoms with Crippen molar-refractivity contribution in [3.05, 3.63) is 29.3 Å². The number of ether oxygens (including phenoxy) is 2. The Balaban J connectivity index is 1.72. The molecule has 0 N–H and O–H groups in total. The third kappa shape index (κ3) is 2.01. The highest BCUT2D eigenvalue weighted by atomic mass is 32.1. The molecule has 2 bridgehead atoms. The second-order valence-electron chi connectivity index (χ2n) is 4.91. The molecule has 4 heterocycles. The van der Waals surface area contributed by atoms with Gasteiger partial charge in [0.05, 0.1) is 24.5 Å². The quantitative estimate of drug-likeness (QED) is 0.745. The number of fused-ring (bicyclic) bond motifs is 2. The minimum atomic E-state index is -0.728. The number of Topliss-reactive ketones (excluding diaryl/α,β-unsaturated/α-hetero) is 1. The lowest BCUT2D eigenvalue weighted by Gasteiger charge is -2.25. The fraction of sp³-hybridized carbons (Fsp3) is 0.417. The SMILES string of the molecule is O=C1C[C@@H](n2nnn(-c3cccnc3)c2=S)[C@H]2CO[C@@H]1O2. The van der Waals surface area contributed by atoms with Crippen molar-refractivity contribution in [3.63, 3.8) is 0 Å². The van der Waals surface area contributed by atoms with E-state index in [1.165, 1.54) is 4.68 Å². The summed E-state index contributed by atoms with van der Waals surface area (Å²) in [6.45, 7) is 0.364. The number of rotatable bonds is 2. The van der Waals surface area contributed by atoms with Crippen LogP contribution in [-0.2, 0) is 14.3 Å². The van der Waals surface area contributed by atoms with Crippen LogP contribution in [0.3, 0.4) is 0 Å². The number of nitrogens with zero attached hydrogens (tertiary/aromatic N) is 5. The molecule has 0 radical (unpaired) electrons. The molecule has 21 heavy (non-hydrogen) atoms. The number of hydrogen-bond donors (Lipinski definition) is 0. The number of pyridine rings is 1. The molecule has 0 aliphatic carbocycles. The molecule has 2 fully saturated rings. The summed E-state index contributed by atoms with van der Waals surface area (Å²) >= 11 is 5.41. The molecule has 9 heteroatoms. The molecule has 108 valence electrons. The molecule has 3 atom stereocenters. The predicted octanol–water partition coefficient (Wildman–Crippen LogP) is 0.449. The maximum atomic E-state index is 11.9. The van der Waals surface area contributed by atoms with E-state index in [1.54, 1.807) is 23.1 Å². The number of carbonyl (C=O) groups is 1. The van der Waals surface area contributed by atoms with Gasteiger partial charge in [-0.1, -0.05) is 0 Å². The summed E-state index contributed by atoms with van der Waals surface area (Å²) < 4.78 is 14.3. The van der Waals surface area contributed by atoms with Crippen LogP contribution in [0.4, 0.5) is 0 Å². The molecule has 2 aromatic heterocycles.